The zero-order valence-corrected chi connectivity index (χ0v) is 9.27. The van der Waals surface area contributed by atoms with Crippen LogP contribution in [0.15, 0.2) is 18.2 Å². The predicted molar refractivity (Wildman–Crippen MR) is 61.1 cm³/mol. The molecule has 0 atom stereocenters. The Morgan fingerprint density at radius 2 is 2.18 bits per heavy atom. The fourth-order valence-corrected chi connectivity index (χ4v) is 1.67. The van der Waals surface area contributed by atoms with Gasteiger partial charge in [0.1, 0.15) is 11.2 Å². The van der Waals surface area contributed by atoms with Gasteiger partial charge in [-0.1, -0.05) is 6.07 Å². The largest absolute Gasteiger partial charge is 0.480 e. The Hall–Kier alpha value is -2.11. The summed E-state index contributed by atoms with van der Waals surface area (Å²) in [5.41, 5.74) is -0.0690. The highest BCUT2D eigenvalue weighted by atomic mass is 16.6. The molecule has 0 bridgehead atoms. The van der Waals surface area contributed by atoms with E-state index in [2.05, 4.69) is 5.32 Å². The number of nitro groups is 1. The van der Waals surface area contributed by atoms with E-state index in [9.17, 15) is 14.9 Å². The summed E-state index contributed by atoms with van der Waals surface area (Å²) in [7, 11) is 0. The molecule has 0 radical (unpaired) electrons. The van der Waals surface area contributed by atoms with Gasteiger partial charge in [-0.25, -0.2) is 4.79 Å². The van der Waals surface area contributed by atoms with Gasteiger partial charge >= 0.3 is 5.97 Å². The number of carboxylic acids is 1. The van der Waals surface area contributed by atoms with Crippen LogP contribution in [0.3, 0.4) is 0 Å². The number of rotatable bonds is 4. The van der Waals surface area contributed by atoms with E-state index in [1.165, 1.54) is 6.07 Å². The molecular weight excluding hydrogens is 224 g/mol. The van der Waals surface area contributed by atoms with Gasteiger partial charge < -0.3 is 10.4 Å². The molecule has 2 rings (SSSR count). The molecule has 0 heterocycles. The van der Waals surface area contributed by atoms with Crippen LogP contribution in [0.5, 0.6) is 0 Å². The number of carbonyl (C=O) groups is 1. The molecule has 1 fully saturated rings. The van der Waals surface area contributed by atoms with Gasteiger partial charge in [-0.2, -0.15) is 0 Å². The lowest BCUT2D eigenvalue weighted by Crippen LogP contribution is -2.31. The minimum atomic E-state index is -1.01. The van der Waals surface area contributed by atoms with E-state index in [1.54, 1.807) is 19.1 Å². The lowest BCUT2D eigenvalue weighted by atomic mass is 10.1. The number of nitrogens with one attached hydrogen (secondary N) is 1. The van der Waals surface area contributed by atoms with E-state index < -0.39 is 16.4 Å². The Morgan fingerprint density at radius 3 is 2.65 bits per heavy atom. The number of nitrogens with zero attached hydrogens (tertiary/aromatic N) is 1. The first-order valence-electron chi connectivity index (χ1n) is 5.21. The Bertz CT molecular complexity index is 494. The minimum Gasteiger partial charge on any atom is -0.480 e. The molecule has 0 spiro atoms. The summed E-state index contributed by atoms with van der Waals surface area (Å²) in [6.07, 6.45) is 0.987. The average molecular weight is 236 g/mol. The molecule has 1 saturated carbocycles. The van der Waals surface area contributed by atoms with Crippen molar-refractivity contribution in [2.75, 3.05) is 5.32 Å². The van der Waals surface area contributed by atoms with Gasteiger partial charge in [0.15, 0.2) is 0 Å². The highest BCUT2D eigenvalue weighted by Gasteiger charge is 2.51. The van der Waals surface area contributed by atoms with Crippen LogP contribution in [0, 0.1) is 17.0 Å². The molecule has 0 aliphatic heterocycles. The number of nitro benzene ring substituents is 1. The van der Waals surface area contributed by atoms with Crippen LogP contribution >= 0.6 is 0 Å². The monoisotopic (exact) mass is 236 g/mol. The van der Waals surface area contributed by atoms with Gasteiger partial charge in [0.25, 0.3) is 5.69 Å². The molecule has 0 aromatic heterocycles. The second-order valence-corrected chi connectivity index (χ2v) is 4.29. The number of aliphatic carboxylic acids is 1. The first-order valence-corrected chi connectivity index (χ1v) is 5.21. The van der Waals surface area contributed by atoms with E-state index in [4.69, 9.17) is 5.11 Å². The molecule has 6 nitrogen and oxygen atoms in total. The number of aryl methyl sites for hydroxylation is 1. The lowest BCUT2D eigenvalue weighted by molar-refractivity contribution is -0.384. The zero-order chi connectivity index (χ0) is 12.6. The molecule has 0 unspecified atom stereocenters. The number of carboxylic acid groups (broad SMARTS) is 1. The summed E-state index contributed by atoms with van der Waals surface area (Å²) in [4.78, 5) is 21.4. The minimum absolute atomic E-state index is 0.0856. The maximum atomic E-state index is 11.0. The van der Waals surface area contributed by atoms with Gasteiger partial charge in [-0.15, -0.1) is 0 Å². The predicted octanol–water partition coefficient (Wildman–Crippen LogP) is 1.93. The normalized spacial score (nSPS) is 16.3. The first-order chi connectivity index (χ1) is 7.94. The number of hydrogen-bond acceptors (Lipinski definition) is 4. The lowest BCUT2D eigenvalue weighted by Gasteiger charge is -2.14. The molecule has 1 aromatic carbocycles. The first kappa shape index (κ1) is 11.4. The standard InChI is InChI=1S/C11H12N2O4/c1-7-2-3-8(9(6-7)13(16)17)12-11(4-5-11)10(14)15/h2-3,6,12H,4-5H2,1H3,(H,14,15). The van der Waals surface area contributed by atoms with E-state index in [0.29, 0.717) is 12.8 Å². The fourth-order valence-electron chi connectivity index (χ4n) is 1.67. The van der Waals surface area contributed by atoms with Gasteiger partial charge in [0, 0.05) is 6.07 Å². The average Bonchev–Trinajstić information content (AvgIpc) is 3.01. The van der Waals surface area contributed by atoms with E-state index in [0.717, 1.165) is 5.56 Å². The molecule has 6 heteroatoms. The van der Waals surface area contributed by atoms with Crippen molar-refractivity contribution in [1.82, 2.24) is 0 Å². The third-order valence-corrected chi connectivity index (χ3v) is 2.88. The van der Waals surface area contributed by atoms with Gasteiger partial charge in [-0.05, 0) is 31.4 Å². The van der Waals surface area contributed by atoms with Crippen molar-refractivity contribution in [3.8, 4) is 0 Å². The smallest absolute Gasteiger partial charge is 0.329 e. The Kier molecular flexibility index (Phi) is 2.49. The van der Waals surface area contributed by atoms with Crippen molar-refractivity contribution >= 4 is 17.3 Å². The third kappa shape index (κ3) is 2.06. The fraction of sp³-hybridized carbons (Fsp3) is 0.364. The van der Waals surface area contributed by atoms with Crippen molar-refractivity contribution < 1.29 is 14.8 Å². The quantitative estimate of drug-likeness (QED) is 0.615. The Labute approximate surface area is 97.4 Å². The molecule has 2 N–H and O–H groups in total. The molecule has 17 heavy (non-hydrogen) atoms. The second kappa shape index (κ2) is 3.73. The van der Waals surface area contributed by atoms with Crippen molar-refractivity contribution in [2.45, 2.75) is 25.3 Å². The van der Waals surface area contributed by atoms with E-state index in [1.807, 2.05) is 0 Å². The highest BCUT2D eigenvalue weighted by Crippen LogP contribution is 2.41. The molecule has 1 aliphatic rings. The van der Waals surface area contributed by atoms with E-state index in [-0.39, 0.29) is 11.4 Å². The van der Waals surface area contributed by atoms with Gasteiger partial charge in [0.05, 0.1) is 4.92 Å². The molecule has 1 aliphatic carbocycles. The molecule has 0 saturated heterocycles. The third-order valence-electron chi connectivity index (χ3n) is 2.88. The Morgan fingerprint density at radius 1 is 1.53 bits per heavy atom. The van der Waals surface area contributed by atoms with Crippen LogP contribution in [0.4, 0.5) is 11.4 Å². The highest BCUT2D eigenvalue weighted by molar-refractivity contribution is 5.87. The van der Waals surface area contributed by atoms with Crippen LogP contribution < -0.4 is 5.32 Å². The zero-order valence-electron chi connectivity index (χ0n) is 9.27. The van der Waals surface area contributed by atoms with Crippen molar-refractivity contribution in [3.63, 3.8) is 0 Å². The van der Waals surface area contributed by atoms with Crippen LogP contribution in [-0.2, 0) is 4.79 Å². The van der Waals surface area contributed by atoms with Crippen molar-refractivity contribution in [3.05, 3.63) is 33.9 Å². The number of anilines is 1. The summed E-state index contributed by atoms with van der Waals surface area (Å²) in [6.45, 7) is 1.75. The summed E-state index contributed by atoms with van der Waals surface area (Å²) in [6, 6.07) is 4.70. The molecule has 1 aromatic rings. The summed E-state index contributed by atoms with van der Waals surface area (Å²) >= 11 is 0. The number of hydrogen-bond donors (Lipinski definition) is 2. The topological polar surface area (TPSA) is 92.5 Å². The summed E-state index contributed by atoms with van der Waals surface area (Å²) in [5, 5.41) is 22.6. The van der Waals surface area contributed by atoms with Crippen LogP contribution in [0.2, 0.25) is 0 Å². The molecule has 0 amide bonds. The molecule has 90 valence electrons. The maximum Gasteiger partial charge on any atom is 0.329 e. The summed E-state index contributed by atoms with van der Waals surface area (Å²) < 4.78 is 0. The van der Waals surface area contributed by atoms with Gasteiger partial charge in [-0.3, -0.25) is 10.1 Å². The van der Waals surface area contributed by atoms with Crippen molar-refractivity contribution in [1.29, 1.82) is 0 Å². The SMILES string of the molecule is Cc1ccc(NC2(C(=O)O)CC2)c([N+](=O)[O-])c1. The number of benzene rings is 1. The molecular formula is C11H12N2O4. The summed E-state index contributed by atoms with van der Waals surface area (Å²) in [5.74, 6) is -0.965. The van der Waals surface area contributed by atoms with Crippen LogP contribution in [0.1, 0.15) is 18.4 Å². The van der Waals surface area contributed by atoms with Crippen LogP contribution in [0.25, 0.3) is 0 Å². The van der Waals surface area contributed by atoms with E-state index >= 15 is 0 Å². The Balaban J connectivity index is 2.33. The second-order valence-electron chi connectivity index (χ2n) is 4.29. The maximum absolute atomic E-state index is 11.0. The van der Waals surface area contributed by atoms with Crippen LogP contribution in [-0.4, -0.2) is 21.5 Å². The van der Waals surface area contributed by atoms with Crippen molar-refractivity contribution in [2.24, 2.45) is 0 Å². The van der Waals surface area contributed by atoms with Gasteiger partial charge in [0.2, 0.25) is 0 Å².